The fourth-order valence-electron chi connectivity index (χ4n) is 2.27. The molecule has 130 valence electrons. The molecule has 0 bridgehead atoms. The van der Waals surface area contributed by atoms with Crippen LogP contribution in [-0.4, -0.2) is 15.8 Å². The number of carbonyl (C=O) groups is 1. The molecule has 0 spiro atoms. The monoisotopic (exact) mass is 345 g/mol. The zero-order valence-electron chi connectivity index (χ0n) is 13.4. The van der Waals surface area contributed by atoms with Crippen LogP contribution in [0, 0.1) is 34.1 Å². The zero-order valence-corrected chi connectivity index (χ0v) is 13.4. The number of rotatable bonds is 5. The Bertz CT molecular complexity index is 881. The van der Waals surface area contributed by atoms with Crippen molar-refractivity contribution >= 4 is 28.7 Å². The van der Waals surface area contributed by atoms with E-state index in [4.69, 9.17) is 5.84 Å². The molecule has 10 heteroatoms. The fraction of sp³-hybridized carbons (Fsp3) is 0.133. The van der Waals surface area contributed by atoms with Crippen molar-refractivity contribution in [2.75, 3.05) is 5.32 Å². The first-order chi connectivity index (χ1) is 11.8. The van der Waals surface area contributed by atoms with Crippen LogP contribution in [0.25, 0.3) is 0 Å². The maximum absolute atomic E-state index is 12.0. The van der Waals surface area contributed by atoms with E-state index in [1.807, 2.05) is 18.4 Å². The number of hydrogen-bond donors (Lipinski definition) is 3. The molecule has 0 radical (unpaired) electrons. The van der Waals surface area contributed by atoms with Crippen LogP contribution in [0.4, 0.5) is 22.7 Å². The standard InChI is InChI=1S/C15H15N5O5/c1-8-4-3-5-12(9(8)2)17-14-11(15(21)18-16)6-10(19(22)23)7-13(14)20(24)25/h3-7,17H,16H2,1-2H3,(H,18,21). The van der Waals surface area contributed by atoms with Crippen LogP contribution in [-0.2, 0) is 0 Å². The van der Waals surface area contributed by atoms with Crippen molar-refractivity contribution in [3.63, 3.8) is 0 Å². The average molecular weight is 345 g/mol. The maximum Gasteiger partial charge on any atom is 0.300 e. The molecule has 0 aliphatic heterocycles. The van der Waals surface area contributed by atoms with Crippen LogP contribution in [0.15, 0.2) is 30.3 Å². The molecule has 2 aromatic rings. The number of benzene rings is 2. The van der Waals surface area contributed by atoms with Gasteiger partial charge in [0.2, 0.25) is 0 Å². The molecule has 2 rings (SSSR count). The van der Waals surface area contributed by atoms with Crippen molar-refractivity contribution in [3.05, 3.63) is 67.3 Å². The summed E-state index contributed by atoms with van der Waals surface area (Å²) >= 11 is 0. The predicted molar refractivity (Wildman–Crippen MR) is 90.6 cm³/mol. The van der Waals surface area contributed by atoms with Gasteiger partial charge in [-0.15, -0.1) is 0 Å². The number of nitro benzene ring substituents is 2. The molecule has 0 aromatic heterocycles. The van der Waals surface area contributed by atoms with Crippen molar-refractivity contribution in [1.82, 2.24) is 5.43 Å². The lowest BCUT2D eigenvalue weighted by Gasteiger charge is -2.14. The van der Waals surface area contributed by atoms with Crippen molar-refractivity contribution in [3.8, 4) is 0 Å². The number of aryl methyl sites for hydroxylation is 1. The Hall–Kier alpha value is -3.53. The number of hydrogen-bond acceptors (Lipinski definition) is 7. The second-order valence-electron chi connectivity index (χ2n) is 5.25. The predicted octanol–water partition coefficient (Wildman–Crippen LogP) is 2.47. The largest absolute Gasteiger partial charge is 0.349 e. The molecule has 0 saturated heterocycles. The smallest absolute Gasteiger partial charge is 0.300 e. The molecular weight excluding hydrogens is 330 g/mol. The van der Waals surface area contributed by atoms with Crippen LogP contribution in [0.3, 0.4) is 0 Å². The van der Waals surface area contributed by atoms with Gasteiger partial charge in [-0.1, -0.05) is 12.1 Å². The zero-order chi connectivity index (χ0) is 18.7. The Kier molecular flexibility index (Phi) is 4.94. The minimum atomic E-state index is -0.889. The van der Waals surface area contributed by atoms with Crippen molar-refractivity contribution in [1.29, 1.82) is 0 Å². The number of non-ortho nitro benzene ring substituents is 1. The molecule has 0 aliphatic rings. The number of nitrogens with two attached hydrogens (primary N) is 1. The van der Waals surface area contributed by atoms with Gasteiger partial charge < -0.3 is 5.32 Å². The normalized spacial score (nSPS) is 10.2. The van der Waals surface area contributed by atoms with Gasteiger partial charge in [0.15, 0.2) is 0 Å². The van der Waals surface area contributed by atoms with Crippen LogP contribution in [0.2, 0.25) is 0 Å². The molecule has 0 unspecified atom stereocenters. The lowest BCUT2D eigenvalue weighted by Crippen LogP contribution is -2.30. The summed E-state index contributed by atoms with van der Waals surface area (Å²) in [5.74, 6) is 4.22. The van der Waals surface area contributed by atoms with Gasteiger partial charge in [0.1, 0.15) is 5.69 Å². The summed E-state index contributed by atoms with van der Waals surface area (Å²) in [6.07, 6.45) is 0. The molecule has 4 N–H and O–H groups in total. The molecule has 0 aliphatic carbocycles. The van der Waals surface area contributed by atoms with E-state index in [2.05, 4.69) is 5.32 Å². The van der Waals surface area contributed by atoms with Crippen molar-refractivity contribution in [2.45, 2.75) is 13.8 Å². The average Bonchev–Trinajstić information content (AvgIpc) is 2.57. The van der Waals surface area contributed by atoms with E-state index in [1.54, 1.807) is 19.1 Å². The number of nitrogen functional groups attached to an aromatic ring is 1. The molecule has 25 heavy (non-hydrogen) atoms. The highest BCUT2D eigenvalue weighted by atomic mass is 16.6. The summed E-state index contributed by atoms with van der Waals surface area (Å²) in [6, 6.07) is 7.00. The highest BCUT2D eigenvalue weighted by molar-refractivity contribution is 6.03. The fourth-order valence-corrected chi connectivity index (χ4v) is 2.27. The van der Waals surface area contributed by atoms with E-state index in [1.165, 1.54) is 0 Å². The molecule has 0 fully saturated rings. The first-order valence-corrected chi connectivity index (χ1v) is 7.07. The quantitative estimate of drug-likeness (QED) is 0.325. The summed E-state index contributed by atoms with van der Waals surface area (Å²) in [7, 11) is 0. The van der Waals surface area contributed by atoms with Gasteiger partial charge in [0.25, 0.3) is 17.3 Å². The summed E-state index contributed by atoms with van der Waals surface area (Å²) in [4.78, 5) is 32.8. The van der Waals surface area contributed by atoms with E-state index in [0.29, 0.717) is 5.69 Å². The third kappa shape index (κ3) is 3.53. The van der Waals surface area contributed by atoms with Gasteiger partial charge in [-0.05, 0) is 31.0 Å². The Morgan fingerprint density at radius 3 is 2.36 bits per heavy atom. The van der Waals surface area contributed by atoms with E-state index in [9.17, 15) is 25.0 Å². The van der Waals surface area contributed by atoms with Gasteiger partial charge in [-0.25, -0.2) is 5.84 Å². The number of nitro groups is 2. The summed E-state index contributed by atoms with van der Waals surface area (Å²) in [5.41, 5.74) is 2.45. The number of anilines is 2. The summed E-state index contributed by atoms with van der Waals surface area (Å²) in [6.45, 7) is 3.66. The van der Waals surface area contributed by atoms with Gasteiger partial charge >= 0.3 is 0 Å². The second kappa shape index (κ2) is 6.93. The number of carbonyl (C=O) groups excluding carboxylic acids is 1. The van der Waals surface area contributed by atoms with E-state index >= 15 is 0 Å². The first kappa shape index (κ1) is 17.8. The van der Waals surface area contributed by atoms with Crippen LogP contribution >= 0.6 is 0 Å². The lowest BCUT2D eigenvalue weighted by molar-refractivity contribution is -0.393. The molecular formula is C15H15N5O5. The number of nitrogens with one attached hydrogen (secondary N) is 2. The molecule has 1 amide bonds. The highest BCUT2D eigenvalue weighted by Crippen LogP contribution is 2.36. The molecule has 0 atom stereocenters. The van der Waals surface area contributed by atoms with Crippen LogP contribution < -0.4 is 16.6 Å². The third-order valence-corrected chi connectivity index (χ3v) is 3.75. The van der Waals surface area contributed by atoms with Crippen LogP contribution in [0.1, 0.15) is 21.5 Å². The molecule has 0 heterocycles. The Labute approximate surface area is 141 Å². The van der Waals surface area contributed by atoms with E-state index in [-0.39, 0.29) is 11.3 Å². The second-order valence-corrected chi connectivity index (χ2v) is 5.25. The SMILES string of the molecule is Cc1cccc(Nc2c(C(=O)NN)cc([N+](=O)[O-])cc2[N+](=O)[O-])c1C. The Morgan fingerprint density at radius 1 is 1.12 bits per heavy atom. The van der Waals surface area contributed by atoms with E-state index < -0.39 is 27.1 Å². The lowest BCUT2D eigenvalue weighted by atomic mass is 10.1. The Morgan fingerprint density at radius 2 is 1.80 bits per heavy atom. The van der Waals surface area contributed by atoms with Crippen molar-refractivity contribution < 1.29 is 14.6 Å². The van der Waals surface area contributed by atoms with E-state index in [0.717, 1.165) is 23.3 Å². The minimum Gasteiger partial charge on any atom is -0.349 e. The molecule has 0 saturated carbocycles. The molecule has 2 aromatic carbocycles. The molecule has 10 nitrogen and oxygen atoms in total. The maximum atomic E-state index is 12.0. The highest BCUT2D eigenvalue weighted by Gasteiger charge is 2.27. The summed E-state index contributed by atoms with van der Waals surface area (Å²) < 4.78 is 0. The van der Waals surface area contributed by atoms with Crippen LogP contribution in [0.5, 0.6) is 0 Å². The first-order valence-electron chi connectivity index (χ1n) is 7.07. The summed E-state index contributed by atoms with van der Waals surface area (Å²) in [5, 5.41) is 25.2. The Balaban J connectivity index is 2.72. The third-order valence-electron chi connectivity index (χ3n) is 3.75. The van der Waals surface area contributed by atoms with Gasteiger partial charge in [0, 0.05) is 11.8 Å². The topological polar surface area (TPSA) is 153 Å². The van der Waals surface area contributed by atoms with Gasteiger partial charge in [0.05, 0.1) is 21.5 Å². The van der Waals surface area contributed by atoms with Gasteiger partial charge in [-0.2, -0.15) is 0 Å². The number of hydrazine groups is 1. The number of nitrogens with zero attached hydrogens (tertiary/aromatic N) is 2. The van der Waals surface area contributed by atoms with Crippen molar-refractivity contribution in [2.24, 2.45) is 5.84 Å². The number of amides is 1. The minimum absolute atomic E-state index is 0.174. The van der Waals surface area contributed by atoms with Gasteiger partial charge in [-0.3, -0.25) is 30.4 Å².